The summed E-state index contributed by atoms with van der Waals surface area (Å²) in [5.74, 6) is -0.812. The van der Waals surface area contributed by atoms with Crippen molar-refractivity contribution < 1.29 is 14.7 Å². The van der Waals surface area contributed by atoms with Gasteiger partial charge in [-0.15, -0.1) is 0 Å². The van der Waals surface area contributed by atoms with Gasteiger partial charge >= 0.3 is 5.97 Å². The van der Waals surface area contributed by atoms with E-state index in [9.17, 15) is 14.7 Å². The van der Waals surface area contributed by atoms with E-state index < -0.39 is 5.97 Å². The molecule has 1 amide bonds. The van der Waals surface area contributed by atoms with Crippen molar-refractivity contribution in [3.8, 4) is 0 Å². The van der Waals surface area contributed by atoms with Crippen molar-refractivity contribution in [3.63, 3.8) is 0 Å². The Labute approximate surface area is 121 Å². The van der Waals surface area contributed by atoms with Crippen LogP contribution in [0.3, 0.4) is 0 Å². The van der Waals surface area contributed by atoms with Crippen LogP contribution >= 0.6 is 31.9 Å². The maximum atomic E-state index is 11.9. The molecule has 1 atom stereocenters. The van der Waals surface area contributed by atoms with Gasteiger partial charge in [0.15, 0.2) is 0 Å². The van der Waals surface area contributed by atoms with Crippen LogP contribution in [0.25, 0.3) is 0 Å². The monoisotopic (exact) mass is 375 g/mol. The van der Waals surface area contributed by atoms with Gasteiger partial charge in [-0.2, -0.15) is 0 Å². The second-order valence-corrected chi connectivity index (χ2v) is 5.76. The highest BCUT2D eigenvalue weighted by Crippen LogP contribution is 2.30. The van der Waals surface area contributed by atoms with E-state index in [0.717, 1.165) is 5.33 Å². The maximum absolute atomic E-state index is 11.9. The number of hydrogen-bond donors (Lipinski definition) is 1. The molecule has 0 aliphatic carbocycles. The van der Waals surface area contributed by atoms with Gasteiger partial charge in [0.25, 0.3) is 0 Å². The first kappa shape index (κ1) is 13.5. The van der Waals surface area contributed by atoms with Gasteiger partial charge in [0.1, 0.15) is 0 Å². The minimum absolute atomic E-state index is 0.0238. The lowest BCUT2D eigenvalue weighted by Crippen LogP contribution is -2.26. The number of anilines is 1. The SMILES string of the molecule is O=C(O)c1cc(Br)ccc1N1CC(CBr)CC1=O. The lowest BCUT2D eigenvalue weighted by atomic mass is 10.1. The highest BCUT2D eigenvalue weighted by Gasteiger charge is 2.32. The van der Waals surface area contributed by atoms with Crippen LogP contribution in [0, 0.1) is 5.92 Å². The Morgan fingerprint density at radius 3 is 2.78 bits per heavy atom. The van der Waals surface area contributed by atoms with Crippen LogP contribution in [0.1, 0.15) is 16.8 Å². The standard InChI is InChI=1S/C12H11Br2NO3/c13-5-7-3-11(16)15(6-7)10-2-1-8(14)4-9(10)12(17)18/h1-2,4,7H,3,5-6H2,(H,17,18). The molecule has 1 heterocycles. The van der Waals surface area contributed by atoms with Crippen LogP contribution in [0.4, 0.5) is 5.69 Å². The van der Waals surface area contributed by atoms with Gasteiger partial charge in [0.2, 0.25) is 5.91 Å². The molecular weight excluding hydrogens is 366 g/mol. The van der Waals surface area contributed by atoms with Crippen molar-refractivity contribution >= 4 is 49.4 Å². The van der Waals surface area contributed by atoms with E-state index in [1.54, 1.807) is 17.0 Å². The molecule has 1 aliphatic heterocycles. The van der Waals surface area contributed by atoms with Crippen molar-refractivity contribution in [1.29, 1.82) is 0 Å². The minimum atomic E-state index is -1.03. The molecule has 1 aromatic rings. The zero-order valence-electron chi connectivity index (χ0n) is 9.40. The summed E-state index contributed by atoms with van der Waals surface area (Å²) >= 11 is 6.60. The molecule has 0 bridgehead atoms. The molecule has 1 saturated heterocycles. The summed E-state index contributed by atoms with van der Waals surface area (Å²) in [6.45, 7) is 0.562. The van der Waals surface area contributed by atoms with Gasteiger partial charge in [0, 0.05) is 22.8 Å². The van der Waals surface area contributed by atoms with Crippen LogP contribution < -0.4 is 4.90 Å². The van der Waals surface area contributed by atoms with Crippen molar-refractivity contribution in [3.05, 3.63) is 28.2 Å². The molecule has 4 nitrogen and oxygen atoms in total. The van der Waals surface area contributed by atoms with Crippen LogP contribution in [0.2, 0.25) is 0 Å². The topological polar surface area (TPSA) is 57.6 Å². The van der Waals surface area contributed by atoms with E-state index >= 15 is 0 Å². The average molecular weight is 377 g/mol. The number of nitrogens with zero attached hydrogens (tertiary/aromatic N) is 1. The predicted octanol–water partition coefficient (Wildman–Crippen LogP) is 2.90. The van der Waals surface area contributed by atoms with Gasteiger partial charge in [-0.05, 0) is 24.1 Å². The largest absolute Gasteiger partial charge is 0.478 e. The second kappa shape index (κ2) is 5.40. The first-order valence-electron chi connectivity index (χ1n) is 5.42. The normalized spacial score (nSPS) is 19.3. The Morgan fingerprint density at radius 2 is 2.22 bits per heavy atom. The third-order valence-corrected chi connectivity index (χ3v) is 4.31. The Kier molecular flexibility index (Phi) is 4.07. The Balaban J connectivity index is 2.39. The highest BCUT2D eigenvalue weighted by atomic mass is 79.9. The van der Waals surface area contributed by atoms with E-state index in [-0.39, 0.29) is 17.4 Å². The lowest BCUT2D eigenvalue weighted by molar-refractivity contribution is -0.117. The van der Waals surface area contributed by atoms with Crippen molar-refractivity contribution in [2.75, 3.05) is 16.8 Å². The van der Waals surface area contributed by atoms with E-state index in [4.69, 9.17) is 0 Å². The Bertz CT molecular complexity index is 504. The number of rotatable bonds is 3. The maximum Gasteiger partial charge on any atom is 0.337 e. The fourth-order valence-electron chi connectivity index (χ4n) is 2.03. The van der Waals surface area contributed by atoms with Gasteiger partial charge in [-0.1, -0.05) is 31.9 Å². The number of halogens is 2. The van der Waals surface area contributed by atoms with E-state index in [0.29, 0.717) is 23.1 Å². The third-order valence-electron chi connectivity index (χ3n) is 2.90. The third kappa shape index (κ3) is 2.59. The summed E-state index contributed by atoms with van der Waals surface area (Å²) in [6, 6.07) is 4.94. The Morgan fingerprint density at radius 1 is 1.50 bits per heavy atom. The number of carboxylic acids is 1. The number of carbonyl (C=O) groups excluding carboxylic acids is 1. The quantitative estimate of drug-likeness (QED) is 0.825. The summed E-state index contributed by atoms with van der Waals surface area (Å²) in [7, 11) is 0. The molecule has 1 aromatic carbocycles. The number of carboxylic acid groups (broad SMARTS) is 1. The van der Waals surface area contributed by atoms with Gasteiger partial charge in [0.05, 0.1) is 11.3 Å². The van der Waals surface area contributed by atoms with Crippen LogP contribution in [-0.4, -0.2) is 28.9 Å². The molecular formula is C12H11Br2NO3. The first-order chi connectivity index (χ1) is 8.52. The molecule has 0 spiro atoms. The summed E-state index contributed by atoms with van der Waals surface area (Å²) in [4.78, 5) is 24.7. The van der Waals surface area contributed by atoms with Crippen LogP contribution in [0.5, 0.6) is 0 Å². The lowest BCUT2D eigenvalue weighted by Gasteiger charge is -2.19. The molecule has 0 radical (unpaired) electrons. The molecule has 1 aliphatic rings. The second-order valence-electron chi connectivity index (χ2n) is 4.20. The minimum Gasteiger partial charge on any atom is -0.478 e. The van der Waals surface area contributed by atoms with Gasteiger partial charge < -0.3 is 10.0 Å². The van der Waals surface area contributed by atoms with Crippen molar-refractivity contribution in [1.82, 2.24) is 0 Å². The van der Waals surface area contributed by atoms with Gasteiger partial charge in [-0.25, -0.2) is 4.79 Å². The fraction of sp³-hybridized carbons (Fsp3) is 0.333. The zero-order valence-corrected chi connectivity index (χ0v) is 12.6. The zero-order chi connectivity index (χ0) is 13.3. The van der Waals surface area contributed by atoms with Crippen LogP contribution in [0.15, 0.2) is 22.7 Å². The van der Waals surface area contributed by atoms with E-state index in [1.807, 2.05) is 0 Å². The number of aromatic carboxylic acids is 1. The van der Waals surface area contributed by atoms with E-state index in [1.165, 1.54) is 6.07 Å². The molecule has 2 rings (SSSR count). The first-order valence-corrected chi connectivity index (χ1v) is 7.33. The summed E-state index contributed by atoms with van der Waals surface area (Å²) in [5, 5.41) is 9.94. The average Bonchev–Trinajstić information content (AvgIpc) is 2.70. The number of hydrogen-bond acceptors (Lipinski definition) is 2. The molecule has 0 aromatic heterocycles. The molecule has 96 valence electrons. The summed E-state index contributed by atoms with van der Waals surface area (Å²) in [5.41, 5.74) is 0.618. The highest BCUT2D eigenvalue weighted by molar-refractivity contribution is 9.10. The van der Waals surface area contributed by atoms with Crippen LogP contribution in [-0.2, 0) is 4.79 Å². The van der Waals surface area contributed by atoms with Crippen molar-refractivity contribution in [2.45, 2.75) is 6.42 Å². The van der Waals surface area contributed by atoms with E-state index in [2.05, 4.69) is 31.9 Å². The molecule has 1 fully saturated rings. The molecule has 0 saturated carbocycles. The summed E-state index contributed by atoms with van der Waals surface area (Å²) in [6.07, 6.45) is 0.459. The molecule has 18 heavy (non-hydrogen) atoms. The number of amides is 1. The smallest absolute Gasteiger partial charge is 0.337 e. The fourth-order valence-corrected chi connectivity index (χ4v) is 2.83. The molecule has 1 N–H and O–H groups in total. The van der Waals surface area contributed by atoms with Crippen molar-refractivity contribution in [2.24, 2.45) is 5.92 Å². The predicted molar refractivity (Wildman–Crippen MR) is 75.4 cm³/mol. The molecule has 6 heteroatoms. The number of benzene rings is 1. The summed E-state index contributed by atoms with van der Waals surface area (Å²) < 4.78 is 0.687. The number of alkyl halides is 1. The number of carbonyl (C=O) groups is 2. The Hall–Kier alpha value is -0.880. The molecule has 1 unspecified atom stereocenters. The van der Waals surface area contributed by atoms with Gasteiger partial charge in [-0.3, -0.25) is 4.79 Å².